The molecule has 11 N–H and O–H groups in total. The average Bonchev–Trinajstić information content (AvgIpc) is 2.69. The number of nitrogens with two attached hydrogens (primary N) is 3. The summed E-state index contributed by atoms with van der Waals surface area (Å²) in [6.07, 6.45) is -1.16. The topological polar surface area (TPSA) is 240 Å². The molecule has 175 valence electrons. The van der Waals surface area contributed by atoms with Crippen molar-refractivity contribution in [3.63, 3.8) is 0 Å². The molecule has 0 unspecified atom stereocenters. The Hall–Kier alpha value is -1.17. The van der Waals surface area contributed by atoms with Crippen molar-refractivity contribution in [1.29, 1.82) is 0 Å². The minimum Gasteiger partial charge on any atom is -0.670 e. The molecule has 1 aliphatic rings. The maximum Gasteiger partial charge on any atom is 0.407 e. The van der Waals surface area contributed by atoms with E-state index in [1.807, 2.05) is 0 Å². The predicted octanol–water partition coefficient (Wildman–Crippen LogP) is -1.62. The van der Waals surface area contributed by atoms with E-state index in [9.17, 15) is 24.9 Å². The number of ether oxygens (including phenoxy) is 2. The number of carbonyl (C=O) groups excluding carboxylic acids is 1. The van der Waals surface area contributed by atoms with Gasteiger partial charge in [-0.1, -0.05) is 18.9 Å². The first-order valence-electron chi connectivity index (χ1n) is 9.56. The number of hydrogen-bond donors (Lipinski definition) is 7. The smallest absolute Gasteiger partial charge is 0.407 e. The summed E-state index contributed by atoms with van der Waals surface area (Å²) in [4.78, 5) is 27.3. The van der Waals surface area contributed by atoms with E-state index in [0.717, 1.165) is 25.3 Å². The number of alkyl carbamates (subject to hydrolysis) is 1. The summed E-state index contributed by atoms with van der Waals surface area (Å²) < 4.78 is 10.4. The van der Waals surface area contributed by atoms with Gasteiger partial charge in [-0.15, -0.1) is 0 Å². The van der Waals surface area contributed by atoms with Gasteiger partial charge in [0.15, 0.2) is 12.1 Å². The number of guanidine groups is 1. The number of aliphatic hydroxyl groups is 2. The zero-order chi connectivity index (χ0) is 22.7. The molecule has 1 radical (unpaired) electrons. The van der Waals surface area contributed by atoms with Crippen molar-refractivity contribution in [3.05, 3.63) is 17.6 Å². The summed E-state index contributed by atoms with van der Waals surface area (Å²) >= 11 is 0. The van der Waals surface area contributed by atoms with Gasteiger partial charge in [0.25, 0.3) is 0 Å². The molecule has 13 nitrogen and oxygen atoms in total. The number of nitrogens with zero attached hydrogens (tertiary/aromatic N) is 1. The van der Waals surface area contributed by atoms with E-state index in [-0.39, 0.29) is 50.0 Å². The Bertz CT molecular complexity index is 632. The number of aliphatic carboxylic acids is 1. The fraction of sp³-hybridized carbons (Fsp3) is 0.706. The quantitative estimate of drug-likeness (QED) is 0.0719. The summed E-state index contributed by atoms with van der Waals surface area (Å²) in [5.41, 5.74) is 24.4. The summed E-state index contributed by atoms with van der Waals surface area (Å²) in [7, 11) is 0. The van der Waals surface area contributed by atoms with Crippen LogP contribution in [0.25, 0.3) is 5.73 Å². The Morgan fingerprint density at radius 1 is 1.29 bits per heavy atom. The van der Waals surface area contributed by atoms with Gasteiger partial charge in [0.05, 0.1) is 12.6 Å². The predicted molar refractivity (Wildman–Crippen MR) is 107 cm³/mol. The van der Waals surface area contributed by atoms with Crippen LogP contribution < -0.4 is 22.5 Å². The normalized spacial score (nSPS) is 22.1. The zero-order valence-corrected chi connectivity index (χ0v) is 21.9. The van der Waals surface area contributed by atoms with Gasteiger partial charge >= 0.3 is 12.1 Å². The van der Waals surface area contributed by atoms with Crippen LogP contribution in [0.15, 0.2) is 16.8 Å². The van der Waals surface area contributed by atoms with Crippen LogP contribution in [-0.2, 0) is 14.3 Å². The summed E-state index contributed by atoms with van der Waals surface area (Å²) in [5, 5.41) is 31.2. The van der Waals surface area contributed by atoms with Crippen LogP contribution >= 0.6 is 0 Å². The molecule has 31 heavy (non-hydrogen) atoms. The summed E-state index contributed by atoms with van der Waals surface area (Å²) in [5.74, 6) is -2.41. The molecule has 0 aliphatic carbocycles. The molecule has 0 saturated carbocycles. The minimum absolute atomic E-state index is 0. The monoisotopic (exact) mass is 658 g/mol. The van der Waals surface area contributed by atoms with Crippen LogP contribution in [0.4, 0.5) is 4.79 Å². The Morgan fingerprint density at radius 3 is 2.48 bits per heavy atom. The van der Waals surface area contributed by atoms with Gasteiger partial charge in [-0.05, 0) is 25.5 Å². The minimum atomic E-state index is -1.63. The second-order valence-corrected chi connectivity index (χ2v) is 6.74. The molecule has 0 aromatic heterocycles. The third-order valence-corrected chi connectivity index (χ3v) is 4.35. The molecule has 0 spiro atoms. The van der Waals surface area contributed by atoms with Gasteiger partial charge in [0.1, 0.15) is 12.2 Å². The number of hydrogen-bond acceptors (Lipinski definition) is 8. The number of unbranched alkanes of at least 4 members (excludes halogenated alkanes) is 3. The number of carboxylic acids is 1. The first kappa shape index (κ1) is 29.8. The van der Waals surface area contributed by atoms with E-state index < -0.39 is 54.8 Å². The molecule has 1 rings (SSSR count). The van der Waals surface area contributed by atoms with Crippen molar-refractivity contribution in [2.45, 2.75) is 56.1 Å². The number of amides is 1. The third kappa shape index (κ3) is 10.3. The van der Waals surface area contributed by atoms with E-state index in [4.69, 9.17) is 32.4 Å². The van der Waals surface area contributed by atoms with Crippen LogP contribution in [-0.4, -0.2) is 83.4 Å². The first-order chi connectivity index (χ1) is 14.2. The molecule has 5 atom stereocenters. The first-order valence-corrected chi connectivity index (χ1v) is 9.56. The number of aliphatic hydroxyl groups excluding tert-OH is 2. The fourth-order valence-corrected chi connectivity index (χ4v) is 2.84. The molecule has 0 saturated heterocycles. The van der Waals surface area contributed by atoms with Gasteiger partial charge in [0.2, 0.25) is 5.76 Å². The second kappa shape index (κ2) is 15.6. The Balaban J connectivity index is 0.00000900. The molecule has 0 aromatic rings. The maximum absolute atomic E-state index is 12.1. The van der Waals surface area contributed by atoms with Crippen LogP contribution in [0.1, 0.15) is 25.7 Å². The van der Waals surface area contributed by atoms with Crippen molar-refractivity contribution in [2.24, 2.45) is 22.2 Å². The van der Waals surface area contributed by atoms with Crippen LogP contribution in [0.3, 0.4) is 0 Å². The molecule has 1 heterocycles. The fourth-order valence-electron chi connectivity index (χ4n) is 2.84. The van der Waals surface area contributed by atoms with E-state index in [0.29, 0.717) is 19.5 Å². The molecule has 0 bridgehead atoms. The van der Waals surface area contributed by atoms with E-state index in [1.54, 1.807) is 0 Å². The van der Waals surface area contributed by atoms with E-state index >= 15 is 0 Å². The number of carbonyl (C=O) groups is 2. The third-order valence-electron chi connectivity index (χ3n) is 4.35. The maximum atomic E-state index is 12.1. The van der Waals surface area contributed by atoms with Gasteiger partial charge in [-0.3, -0.25) is 0 Å². The average molecular weight is 658 g/mol. The number of nitrogens with one attached hydrogen (secondary N) is 2. The summed E-state index contributed by atoms with van der Waals surface area (Å²) in [6, 6.07) is -2.45. The van der Waals surface area contributed by atoms with Crippen molar-refractivity contribution in [2.75, 3.05) is 19.7 Å². The zero-order valence-electron chi connectivity index (χ0n) is 17.1. The molecule has 1 amide bonds. The Kier molecular flexibility index (Phi) is 15.0. The van der Waals surface area contributed by atoms with Gasteiger partial charge in [-0.25, -0.2) is 14.6 Å². The molecule has 14 heteroatoms. The number of rotatable bonds is 12. The standard InChI is InChI=1S/C17H31N6O7.Ac/c18-5-3-1-2-4-6-22-17(28)30-13(10(25)8-24)14-12(19)9(23-16(20)21)7-11(29-14)15(26)27;/h7,9-10,12-14,19,24-25H,1-6,8,18H2,(H,22,28)(H,26,27)(H4,20,21,23);/q-1;/t9-,10+,12+,13+,14+;/m0./s1. The molecular formula is C17H31AcN6O7-. The largest absolute Gasteiger partial charge is 0.670 e. The van der Waals surface area contributed by atoms with Gasteiger partial charge in [-0.2, -0.15) is 0 Å². The second-order valence-electron chi connectivity index (χ2n) is 6.74. The van der Waals surface area contributed by atoms with Crippen molar-refractivity contribution < 1.29 is 78.4 Å². The molecule has 0 aromatic carbocycles. The number of carboxylic acid groups (broad SMARTS) is 1. The Morgan fingerprint density at radius 2 is 1.94 bits per heavy atom. The molecule has 0 fully saturated rings. The van der Waals surface area contributed by atoms with Crippen LogP contribution in [0.2, 0.25) is 0 Å². The number of aliphatic imine (C=N–C) groups is 1. The van der Waals surface area contributed by atoms with Crippen LogP contribution in [0.5, 0.6) is 0 Å². The molecule has 1 aliphatic heterocycles. The van der Waals surface area contributed by atoms with Crippen molar-refractivity contribution in [3.8, 4) is 0 Å². The summed E-state index contributed by atoms with van der Waals surface area (Å²) in [6.45, 7) is 0.0836. The van der Waals surface area contributed by atoms with E-state index in [1.165, 1.54) is 0 Å². The molecular weight excluding hydrogens is 627 g/mol. The van der Waals surface area contributed by atoms with Crippen LogP contribution in [0, 0.1) is 44.1 Å². The van der Waals surface area contributed by atoms with Gasteiger partial charge in [0, 0.05) is 50.6 Å². The Labute approximate surface area is 216 Å². The van der Waals surface area contributed by atoms with E-state index in [2.05, 4.69) is 10.3 Å². The van der Waals surface area contributed by atoms with Gasteiger partial charge < -0.3 is 53.0 Å². The van der Waals surface area contributed by atoms with Crippen molar-refractivity contribution in [1.82, 2.24) is 5.32 Å². The SMILES string of the molecule is [Ac].[NH-][C@H]1[C@H]([C@H](OC(=O)NCCCCCCN)[C@H](O)CO)OC(C(=O)O)=C[C@@H]1N=C(N)N. The van der Waals surface area contributed by atoms with Crippen molar-refractivity contribution >= 4 is 18.0 Å².